The zero-order chi connectivity index (χ0) is 24.8. The monoisotopic (exact) mass is 508 g/mol. The lowest BCUT2D eigenvalue weighted by Crippen LogP contribution is -2.43. The highest BCUT2D eigenvalue weighted by molar-refractivity contribution is 8.76. The Hall–Kier alpha value is -3.38. The van der Waals surface area contributed by atoms with Crippen LogP contribution in [0, 0.1) is 0 Å². The van der Waals surface area contributed by atoms with Crippen molar-refractivity contribution in [2.24, 2.45) is 0 Å². The Labute approximate surface area is 203 Å². The molecule has 2 rings (SSSR count). The first-order chi connectivity index (χ1) is 16.3. The maximum Gasteiger partial charge on any atom is 0.408 e. The van der Waals surface area contributed by atoms with E-state index in [2.05, 4.69) is 10.6 Å². The number of benzene rings is 2. The molecule has 2 atom stereocenters. The topological polar surface area (TPSA) is 151 Å². The lowest BCUT2D eigenvalue weighted by Gasteiger charge is -2.16. The summed E-state index contributed by atoms with van der Waals surface area (Å²) in [5.74, 6) is -2.62. The lowest BCUT2D eigenvalue weighted by molar-refractivity contribution is -0.139. The van der Waals surface area contributed by atoms with Crippen LogP contribution < -0.4 is 10.6 Å². The van der Waals surface area contributed by atoms with Crippen molar-refractivity contribution < 1.29 is 38.9 Å². The molecule has 12 heteroatoms. The molecule has 4 N–H and O–H groups in total. The number of rotatable bonds is 13. The zero-order valence-electron chi connectivity index (χ0n) is 17.9. The van der Waals surface area contributed by atoms with Crippen LogP contribution in [0.1, 0.15) is 11.1 Å². The fourth-order valence-corrected chi connectivity index (χ4v) is 4.71. The van der Waals surface area contributed by atoms with Crippen molar-refractivity contribution in [3.63, 3.8) is 0 Å². The molecule has 0 heterocycles. The minimum absolute atomic E-state index is 0.00671. The first kappa shape index (κ1) is 26.9. The number of carboxylic acids is 2. The average molecular weight is 509 g/mol. The Morgan fingerprint density at radius 3 is 1.35 bits per heavy atom. The van der Waals surface area contributed by atoms with Crippen molar-refractivity contribution in [2.75, 3.05) is 11.5 Å². The van der Waals surface area contributed by atoms with Crippen molar-refractivity contribution >= 4 is 45.7 Å². The molecule has 0 aliphatic heterocycles. The third-order valence-electron chi connectivity index (χ3n) is 4.16. The summed E-state index contributed by atoms with van der Waals surface area (Å²) in [5.41, 5.74) is 1.51. The predicted molar refractivity (Wildman–Crippen MR) is 127 cm³/mol. The van der Waals surface area contributed by atoms with Gasteiger partial charge in [0.15, 0.2) is 0 Å². The van der Waals surface area contributed by atoms with Crippen LogP contribution >= 0.6 is 21.6 Å². The van der Waals surface area contributed by atoms with E-state index in [9.17, 15) is 29.4 Å². The highest BCUT2D eigenvalue weighted by Crippen LogP contribution is 2.23. The summed E-state index contributed by atoms with van der Waals surface area (Å²) < 4.78 is 10.0. The summed E-state index contributed by atoms with van der Waals surface area (Å²) >= 11 is 0. The van der Waals surface area contributed by atoms with Crippen LogP contribution in [0.5, 0.6) is 0 Å². The molecule has 10 nitrogen and oxygen atoms in total. The van der Waals surface area contributed by atoms with E-state index in [0.29, 0.717) is 0 Å². The number of hydrogen-bond donors (Lipinski definition) is 4. The molecule has 0 spiro atoms. The van der Waals surface area contributed by atoms with Crippen LogP contribution in [0.25, 0.3) is 0 Å². The quantitative estimate of drug-likeness (QED) is 0.235. The summed E-state index contributed by atoms with van der Waals surface area (Å²) in [5, 5.41) is 23.2. The molecular weight excluding hydrogens is 484 g/mol. The Kier molecular flexibility index (Phi) is 11.6. The largest absolute Gasteiger partial charge is 0.480 e. The average Bonchev–Trinajstić information content (AvgIpc) is 2.83. The van der Waals surface area contributed by atoms with Crippen molar-refractivity contribution in [3.8, 4) is 0 Å². The van der Waals surface area contributed by atoms with Gasteiger partial charge in [-0.25, -0.2) is 19.2 Å². The molecule has 182 valence electrons. The van der Waals surface area contributed by atoms with Gasteiger partial charge in [-0.2, -0.15) is 0 Å². The number of carboxylic acid groups (broad SMARTS) is 2. The summed E-state index contributed by atoms with van der Waals surface area (Å²) in [4.78, 5) is 46.6. The van der Waals surface area contributed by atoms with Crippen LogP contribution in [-0.2, 0) is 32.3 Å². The van der Waals surface area contributed by atoms with Crippen LogP contribution in [0.15, 0.2) is 60.7 Å². The first-order valence-electron chi connectivity index (χ1n) is 9.99. The fraction of sp³-hybridized carbons (Fsp3) is 0.273. The van der Waals surface area contributed by atoms with E-state index in [0.717, 1.165) is 32.7 Å². The third kappa shape index (κ3) is 10.5. The van der Waals surface area contributed by atoms with Crippen LogP contribution in [-0.4, -0.2) is 57.9 Å². The van der Waals surface area contributed by atoms with Gasteiger partial charge in [0.1, 0.15) is 25.3 Å². The number of alkyl carbamates (subject to hydrolysis) is 2. The van der Waals surface area contributed by atoms with Crippen LogP contribution in [0.4, 0.5) is 9.59 Å². The van der Waals surface area contributed by atoms with Gasteiger partial charge in [-0.1, -0.05) is 82.3 Å². The molecule has 1 unspecified atom stereocenters. The van der Waals surface area contributed by atoms with Gasteiger partial charge in [-0.05, 0) is 11.1 Å². The first-order valence-corrected chi connectivity index (χ1v) is 12.5. The van der Waals surface area contributed by atoms with Gasteiger partial charge in [-0.15, -0.1) is 0 Å². The zero-order valence-corrected chi connectivity index (χ0v) is 19.6. The highest BCUT2D eigenvalue weighted by atomic mass is 33.1. The molecule has 2 aromatic rings. The number of nitrogens with one attached hydrogen (secondary N) is 2. The van der Waals surface area contributed by atoms with Gasteiger partial charge in [0.25, 0.3) is 0 Å². The molecule has 0 saturated carbocycles. The van der Waals surface area contributed by atoms with E-state index in [1.54, 1.807) is 48.5 Å². The van der Waals surface area contributed by atoms with Gasteiger partial charge in [0.05, 0.1) is 0 Å². The van der Waals surface area contributed by atoms with E-state index in [4.69, 9.17) is 9.47 Å². The van der Waals surface area contributed by atoms with Gasteiger partial charge in [0.2, 0.25) is 0 Å². The second-order valence-corrected chi connectivity index (χ2v) is 9.32. The second-order valence-electron chi connectivity index (χ2n) is 6.76. The lowest BCUT2D eigenvalue weighted by atomic mass is 10.2. The number of hydrogen-bond acceptors (Lipinski definition) is 8. The molecule has 0 aliphatic carbocycles. The molecule has 2 amide bonds. The molecule has 34 heavy (non-hydrogen) atoms. The maximum absolute atomic E-state index is 11.9. The minimum Gasteiger partial charge on any atom is -0.480 e. The Balaban J connectivity index is 1.71. The number of amides is 2. The standard InChI is InChI=1S/C22H24N2O8S2/c25-19(26)17(23-21(29)31-11-15-7-3-1-4-8-15)13-33-34-14-18(20(27)28)24-22(30)32-12-16-9-5-2-6-10-16/h1-10,17-18H,11-14H2,(H,23,29)(H,24,30)(H,25,26)(H,27,28)/t17-,18?/m0/s1. The van der Waals surface area contributed by atoms with E-state index < -0.39 is 36.2 Å². The van der Waals surface area contributed by atoms with Crippen LogP contribution in [0.3, 0.4) is 0 Å². The molecule has 0 aliphatic rings. The van der Waals surface area contributed by atoms with Crippen molar-refractivity contribution in [1.82, 2.24) is 10.6 Å². The smallest absolute Gasteiger partial charge is 0.408 e. The SMILES string of the molecule is O=C(NC(CSSC[C@H](NC(=O)OCc1ccccc1)C(=O)O)C(=O)O)OCc1ccccc1. The molecule has 0 fully saturated rings. The van der Waals surface area contributed by atoms with E-state index in [1.807, 2.05) is 12.1 Å². The third-order valence-corrected chi connectivity index (χ3v) is 6.58. The summed E-state index contributed by atoms with van der Waals surface area (Å²) in [6.07, 6.45) is -1.76. The molecule has 0 aromatic heterocycles. The second kappa shape index (κ2) is 14.7. The summed E-state index contributed by atoms with van der Waals surface area (Å²) in [7, 11) is 2.08. The van der Waals surface area contributed by atoms with Crippen molar-refractivity contribution in [3.05, 3.63) is 71.8 Å². The Bertz CT molecular complexity index is 869. The maximum atomic E-state index is 11.9. The van der Waals surface area contributed by atoms with E-state index in [-0.39, 0.29) is 24.7 Å². The normalized spacial score (nSPS) is 12.1. The predicted octanol–water partition coefficient (Wildman–Crippen LogP) is 3.13. The Morgan fingerprint density at radius 2 is 1.03 bits per heavy atom. The van der Waals surface area contributed by atoms with Gasteiger partial charge < -0.3 is 30.3 Å². The summed E-state index contributed by atoms with van der Waals surface area (Å²) in [6, 6.07) is 15.3. The molecule has 0 radical (unpaired) electrons. The summed E-state index contributed by atoms with van der Waals surface area (Å²) in [6.45, 7) is -0.0134. The minimum atomic E-state index is -1.26. The molecule has 0 saturated heterocycles. The number of ether oxygens (including phenoxy) is 2. The number of carbonyl (C=O) groups is 4. The van der Waals surface area contributed by atoms with Gasteiger partial charge >= 0.3 is 24.1 Å². The van der Waals surface area contributed by atoms with Crippen molar-refractivity contribution in [1.29, 1.82) is 0 Å². The molecule has 2 aromatic carbocycles. The molecule has 0 bridgehead atoms. The van der Waals surface area contributed by atoms with E-state index in [1.165, 1.54) is 0 Å². The fourth-order valence-electron chi connectivity index (χ4n) is 2.40. The number of aliphatic carboxylic acids is 2. The molecular formula is C22H24N2O8S2. The van der Waals surface area contributed by atoms with E-state index >= 15 is 0 Å². The number of carbonyl (C=O) groups excluding carboxylic acids is 2. The highest BCUT2D eigenvalue weighted by Gasteiger charge is 2.24. The van der Waals surface area contributed by atoms with Gasteiger partial charge in [0, 0.05) is 11.5 Å². The van der Waals surface area contributed by atoms with Gasteiger partial charge in [-0.3, -0.25) is 0 Å². The Morgan fingerprint density at radius 1 is 0.676 bits per heavy atom. The van der Waals surface area contributed by atoms with Crippen LogP contribution in [0.2, 0.25) is 0 Å². The van der Waals surface area contributed by atoms with Crippen molar-refractivity contribution in [2.45, 2.75) is 25.3 Å².